The number of benzene rings is 1. The molecule has 1 heterocycles. The molecule has 0 aliphatic heterocycles. The van der Waals surface area contributed by atoms with Gasteiger partial charge in [0.25, 0.3) is 0 Å². The molecule has 0 bridgehead atoms. The van der Waals surface area contributed by atoms with Crippen molar-refractivity contribution in [2.24, 2.45) is 0 Å². The van der Waals surface area contributed by atoms with E-state index in [2.05, 4.69) is 22.0 Å². The molecule has 0 aliphatic rings. The third-order valence-electron chi connectivity index (χ3n) is 1.99. The number of ether oxygens (including phenoxy) is 1. The normalized spacial score (nSPS) is 10.7. The number of hydrogen-bond donors (Lipinski definition) is 1. The topological polar surface area (TPSA) is 35.2 Å². The molecule has 1 aromatic heterocycles. The zero-order valence-electron chi connectivity index (χ0n) is 7.71. The third kappa shape index (κ3) is 1.48. The molecule has 0 radical (unpaired) electrons. The van der Waals surface area contributed by atoms with Gasteiger partial charge in [-0.25, -0.2) is 0 Å². The summed E-state index contributed by atoms with van der Waals surface area (Å²) in [7, 11) is 0. The molecule has 14 heavy (non-hydrogen) atoms. The molecular formula is C10H10BrNOS. The van der Waals surface area contributed by atoms with E-state index in [1.54, 1.807) is 11.3 Å². The van der Waals surface area contributed by atoms with Gasteiger partial charge in [0.2, 0.25) is 0 Å². The maximum absolute atomic E-state index is 5.98. The molecular weight excluding hydrogens is 262 g/mol. The van der Waals surface area contributed by atoms with Crippen LogP contribution < -0.4 is 10.5 Å². The van der Waals surface area contributed by atoms with Gasteiger partial charge in [0.05, 0.1) is 17.0 Å². The number of anilines is 1. The van der Waals surface area contributed by atoms with Gasteiger partial charge >= 0.3 is 0 Å². The Balaban J connectivity index is 2.68. The molecule has 0 fully saturated rings. The van der Waals surface area contributed by atoms with E-state index >= 15 is 0 Å². The summed E-state index contributed by atoms with van der Waals surface area (Å²) >= 11 is 5.14. The Kier molecular flexibility index (Phi) is 2.65. The Morgan fingerprint density at radius 1 is 1.57 bits per heavy atom. The molecule has 2 N–H and O–H groups in total. The minimum absolute atomic E-state index is 0.632. The van der Waals surface area contributed by atoms with Crippen molar-refractivity contribution in [1.29, 1.82) is 0 Å². The number of fused-ring (bicyclic) bond motifs is 1. The van der Waals surface area contributed by atoms with Gasteiger partial charge in [-0.15, -0.1) is 11.3 Å². The summed E-state index contributed by atoms with van der Waals surface area (Å²) in [5.74, 6) is 0.759. The summed E-state index contributed by atoms with van der Waals surface area (Å²) in [5.41, 5.74) is 6.72. The highest BCUT2D eigenvalue weighted by molar-refractivity contribution is 9.10. The lowest BCUT2D eigenvalue weighted by atomic mass is 10.2. The van der Waals surface area contributed by atoms with Gasteiger partial charge < -0.3 is 10.5 Å². The number of rotatable bonds is 2. The second-order valence-corrected chi connectivity index (χ2v) is 4.64. The Morgan fingerprint density at radius 2 is 2.36 bits per heavy atom. The number of nitrogen functional groups attached to an aromatic ring is 1. The van der Waals surface area contributed by atoms with Crippen LogP contribution in [-0.2, 0) is 0 Å². The summed E-state index contributed by atoms with van der Waals surface area (Å²) in [6.07, 6.45) is 0. The fraction of sp³-hybridized carbons (Fsp3) is 0.200. The highest BCUT2D eigenvalue weighted by atomic mass is 79.9. The summed E-state index contributed by atoms with van der Waals surface area (Å²) in [5, 5.41) is 3.18. The predicted octanol–water partition coefficient (Wildman–Crippen LogP) is 3.64. The maximum atomic E-state index is 5.98. The van der Waals surface area contributed by atoms with Gasteiger partial charge in [0.1, 0.15) is 5.75 Å². The summed E-state index contributed by atoms with van der Waals surface area (Å²) in [6.45, 7) is 2.58. The van der Waals surface area contributed by atoms with E-state index in [4.69, 9.17) is 10.5 Å². The van der Waals surface area contributed by atoms with Crippen LogP contribution in [0.15, 0.2) is 22.0 Å². The van der Waals surface area contributed by atoms with E-state index < -0.39 is 0 Å². The first-order valence-electron chi connectivity index (χ1n) is 4.32. The molecule has 2 aromatic rings. The van der Waals surface area contributed by atoms with E-state index in [0.717, 1.165) is 26.0 Å². The molecule has 0 aliphatic carbocycles. The van der Waals surface area contributed by atoms with Crippen LogP contribution >= 0.6 is 27.3 Å². The highest BCUT2D eigenvalue weighted by Crippen LogP contribution is 2.39. The molecule has 1 aromatic carbocycles. The fourth-order valence-electron chi connectivity index (χ4n) is 1.36. The number of hydrogen-bond acceptors (Lipinski definition) is 3. The second-order valence-electron chi connectivity index (χ2n) is 2.87. The summed E-state index contributed by atoms with van der Waals surface area (Å²) in [4.78, 5) is 0. The van der Waals surface area contributed by atoms with Crippen LogP contribution in [-0.4, -0.2) is 6.61 Å². The average Bonchev–Trinajstić information content (AvgIpc) is 2.63. The quantitative estimate of drug-likeness (QED) is 0.847. The van der Waals surface area contributed by atoms with Gasteiger partial charge in [-0.1, -0.05) is 0 Å². The Bertz CT molecular complexity index is 466. The molecule has 0 atom stereocenters. The summed E-state index contributed by atoms with van der Waals surface area (Å²) < 4.78 is 7.57. The van der Waals surface area contributed by atoms with E-state index in [1.807, 2.05) is 18.4 Å². The van der Waals surface area contributed by atoms with Gasteiger partial charge in [-0.2, -0.15) is 0 Å². The summed E-state index contributed by atoms with van der Waals surface area (Å²) in [6, 6.07) is 3.98. The van der Waals surface area contributed by atoms with Crippen molar-refractivity contribution in [3.8, 4) is 5.75 Å². The van der Waals surface area contributed by atoms with Gasteiger partial charge in [0.15, 0.2) is 0 Å². The van der Waals surface area contributed by atoms with Crippen molar-refractivity contribution in [1.82, 2.24) is 0 Å². The Labute approximate surface area is 94.8 Å². The predicted molar refractivity (Wildman–Crippen MR) is 65.1 cm³/mol. The molecule has 0 amide bonds. The zero-order valence-corrected chi connectivity index (χ0v) is 10.1. The fourth-order valence-corrected chi connectivity index (χ4v) is 2.91. The second kappa shape index (κ2) is 3.79. The minimum atomic E-state index is 0.632. The molecule has 2 rings (SSSR count). The van der Waals surface area contributed by atoms with Crippen molar-refractivity contribution in [2.75, 3.05) is 12.3 Å². The van der Waals surface area contributed by atoms with Crippen LogP contribution in [0, 0.1) is 0 Å². The lowest BCUT2D eigenvalue weighted by Gasteiger charge is -2.08. The van der Waals surface area contributed by atoms with E-state index in [9.17, 15) is 0 Å². The first-order chi connectivity index (χ1) is 6.74. The van der Waals surface area contributed by atoms with Crippen LogP contribution in [0.4, 0.5) is 5.69 Å². The Morgan fingerprint density at radius 3 is 3.07 bits per heavy atom. The molecule has 74 valence electrons. The third-order valence-corrected chi connectivity index (χ3v) is 3.59. The lowest BCUT2D eigenvalue weighted by molar-refractivity contribution is 0.342. The molecule has 0 saturated carbocycles. The number of thiophene rings is 1. The zero-order chi connectivity index (χ0) is 10.1. The van der Waals surface area contributed by atoms with Crippen molar-refractivity contribution >= 4 is 43.0 Å². The van der Waals surface area contributed by atoms with Crippen molar-refractivity contribution in [3.63, 3.8) is 0 Å². The molecule has 4 heteroatoms. The van der Waals surface area contributed by atoms with Crippen LogP contribution in [0.25, 0.3) is 10.1 Å². The van der Waals surface area contributed by atoms with Gasteiger partial charge in [-0.05, 0) is 40.4 Å². The van der Waals surface area contributed by atoms with Crippen LogP contribution in [0.5, 0.6) is 5.75 Å². The first-order valence-corrected chi connectivity index (χ1v) is 5.99. The minimum Gasteiger partial charge on any atom is -0.492 e. The van der Waals surface area contributed by atoms with Gasteiger partial charge in [0, 0.05) is 9.86 Å². The molecule has 0 saturated heterocycles. The smallest absolute Gasteiger partial charge is 0.144 e. The monoisotopic (exact) mass is 271 g/mol. The highest BCUT2D eigenvalue weighted by Gasteiger charge is 2.09. The number of nitrogens with two attached hydrogens (primary N) is 1. The number of halogens is 1. The standard InChI is InChI=1S/C10H10BrNOS/c1-2-13-8-5-7(11)6-3-4-14-10(6)9(8)12/h3-5H,2,12H2,1H3. The Hall–Kier alpha value is -0.740. The van der Waals surface area contributed by atoms with Crippen LogP contribution in [0.2, 0.25) is 0 Å². The van der Waals surface area contributed by atoms with Crippen molar-refractivity contribution < 1.29 is 4.74 Å². The van der Waals surface area contributed by atoms with Gasteiger partial charge in [-0.3, -0.25) is 0 Å². The molecule has 0 unspecified atom stereocenters. The first kappa shape index (κ1) is 9.80. The SMILES string of the molecule is CCOc1cc(Br)c2ccsc2c1N. The van der Waals surface area contributed by atoms with E-state index in [0.29, 0.717) is 6.61 Å². The van der Waals surface area contributed by atoms with Crippen molar-refractivity contribution in [2.45, 2.75) is 6.92 Å². The lowest BCUT2D eigenvalue weighted by Crippen LogP contribution is -1.96. The van der Waals surface area contributed by atoms with Crippen LogP contribution in [0.1, 0.15) is 6.92 Å². The van der Waals surface area contributed by atoms with Crippen molar-refractivity contribution in [3.05, 3.63) is 22.0 Å². The average molecular weight is 272 g/mol. The van der Waals surface area contributed by atoms with E-state index in [-0.39, 0.29) is 0 Å². The van der Waals surface area contributed by atoms with Crippen LogP contribution in [0.3, 0.4) is 0 Å². The molecule has 0 spiro atoms. The largest absolute Gasteiger partial charge is 0.492 e. The maximum Gasteiger partial charge on any atom is 0.144 e. The van der Waals surface area contributed by atoms with E-state index in [1.165, 1.54) is 0 Å². The molecule has 2 nitrogen and oxygen atoms in total.